The van der Waals surface area contributed by atoms with E-state index in [-0.39, 0.29) is 12.5 Å². The average molecular weight is 374 g/mol. The fourth-order valence-corrected chi connectivity index (χ4v) is 3.60. The van der Waals surface area contributed by atoms with E-state index in [9.17, 15) is 4.79 Å². The minimum absolute atomic E-state index is 0.0558. The summed E-state index contributed by atoms with van der Waals surface area (Å²) in [5.41, 5.74) is 4.38. The number of nitrogens with one attached hydrogen (secondary N) is 1. The van der Waals surface area contributed by atoms with Gasteiger partial charge in [0.1, 0.15) is 5.75 Å². The topological polar surface area (TPSA) is 51.2 Å². The van der Waals surface area contributed by atoms with E-state index in [0.29, 0.717) is 10.9 Å². The molecule has 134 valence electrons. The Morgan fingerprint density at radius 2 is 1.63 bits per heavy atom. The zero-order valence-electron chi connectivity index (χ0n) is 14.8. The van der Waals surface area contributed by atoms with Gasteiger partial charge in [-0.15, -0.1) is 0 Å². The molecule has 0 bridgehead atoms. The number of aromatic nitrogens is 1. The predicted octanol–water partition coefficient (Wildman–Crippen LogP) is 5.29. The van der Waals surface area contributed by atoms with Crippen molar-refractivity contribution in [2.24, 2.45) is 0 Å². The van der Waals surface area contributed by atoms with E-state index in [1.165, 1.54) is 16.9 Å². The van der Waals surface area contributed by atoms with Crippen molar-refractivity contribution in [1.82, 2.24) is 4.98 Å². The lowest BCUT2D eigenvalue weighted by atomic mass is 10.0. The zero-order chi connectivity index (χ0) is 18.6. The van der Waals surface area contributed by atoms with Gasteiger partial charge in [-0.05, 0) is 42.3 Å². The maximum atomic E-state index is 12.1. The first-order valence-corrected chi connectivity index (χ1v) is 9.44. The summed E-state index contributed by atoms with van der Waals surface area (Å²) in [5, 5.41) is 3.37. The SMILES string of the molecule is Cc1ccc(-c2ccc(OCC(=O)Nc3nc4ccccc4s3)cc2)cc1. The van der Waals surface area contributed by atoms with E-state index in [0.717, 1.165) is 21.3 Å². The predicted molar refractivity (Wildman–Crippen MR) is 110 cm³/mol. The van der Waals surface area contributed by atoms with Crippen molar-refractivity contribution in [1.29, 1.82) is 0 Å². The van der Waals surface area contributed by atoms with Crippen LogP contribution < -0.4 is 10.1 Å². The summed E-state index contributed by atoms with van der Waals surface area (Å²) in [6, 6.07) is 23.9. The lowest BCUT2D eigenvalue weighted by Gasteiger charge is -2.07. The summed E-state index contributed by atoms with van der Waals surface area (Å²) >= 11 is 1.45. The van der Waals surface area contributed by atoms with Crippen molar-refractivity contribution in [3.05, 3.63) is 78.4 Å². The number of amides is 1. The molecule has 5 heteroatoms. The van der Waals surface area contributed by atoms with Crippen molar-refractivity contribution in [3.8, 4) is 16.9 Å². The molecule has 0 aliphatic carbocycles. The third-order valence-corrected chi connectivity index (χ3v) is 5.10. The molecule has 0 aliphatic rings. The molecule has 0 saturated carbocycles. The molecule has 1 heterocycles. The smallest absolute Gasteiger partial charge is 0.264 e. The van der Waals surface area contributed by atoms with Crippen LogP contribution in [0.1, 0.15) is 5.56 Å². The number of anilines is 1. The van der Waals surface area contributed by atoms with Crippen LogP contribution in [0.4, 0.5) is 5.13 Å². The maximum Gasteiger partial charge on any atom is 0.264 e. The summed E-state index contributed by atoms with van der Waals surface area (Å²) in [6.07, 6.45) is 0. The number of aryl methyl sites for hydroxylation is 1. The second-order valence-electron chi connectivity index (χ2n) is 6.21. The summed E-state index contributed by atoms with van der Waals surface area (Å²) < 4.78 is 6.63. The largest absolute Gasteiger partial charge is 0.484 e. The van der Waals surface area contributed by atoms with E-state index in [1.807, 2.05) is 48.5 Å². The van der Waals surface area contributed by atoms with Crippen LogP contribution in [0.3, 0.4) is 0 Å². The molecule has 1 amide bonds. The average Bonchev–Trinajstić information content (AvgIpc) is 3.09. The molecule has 27 heavy (non-hydrogen) atoms. The van der Waals surface area contributed by atoms with Crippen molar-refractivity contribution in [3.63, 3.8) is 0 Å². The Bertz CT molecular complexity index is 1040. The van der Waals surface area contributed by atoms with Gasteiger partial charge in [0.15, 0.2) is 11.7 Å². The van der Waals surface area contributed by atoms with Crippen molar-refractivity contribution in [2.45, 2.75) is 6.92 Å². The fourth-order valence-electron chi connectivity index (χ4n) is 2.72. The number of rotatable bonds is 5. The number of nitrogens with zero attached hydrogens (tertiary/aromatic N) is 1. The van der Waals surface area contributed by atoms with Crippen LogP contribution in [0.2, 0.25) is 0 Å². The van der Waals surface area contributed by atoms with Gasteiger partial charge >= 0.3 is 0 Å². The quantitative estimate of drug-likeness (QED) is 0.516. The van der Waals surface area contributed by atoms with Gasteiger partial charge < -0.3 is 4.74 Å². The molecule has 0 aliphatic heterocycles. The first-order valence-electron chi connectivity index (χ1n) is 8.63. The minimum atomic E-state index is -0.225. The Morgan fingerprint density at radius 3 is 2.33 bits per heavy atom. The molecule has 1 N–H and O–H groups in total. The number of benzene rings is 3. The molecule has 4 nitrogen and oxygen atoms in total. The number of para-hydroxylation sites is 1. The van der Waals surface area contributed by atoms with Gasteiger partial charge in [-0.25, -0.2) is 4.98 Å². The van der Waals surface area contributed by atoms with Gasteiger partial charge in [0.05, 0.1) is 10.2 Å². The molecule has 0 fully saturated rings. The summed E-state index contributed by atoms with van der Waals surface area (Å²) in [4.78, 5) is 16.5. The molecule has 0 saturated heterocycles. The molecular weight excluding hydrogens is 356 g/mol. The van der Waals surface area contributed by atoms with Crippen LogP contribution in [-0.4, -0.2) is 17.5 Å². The molecule has 3 aromatic carbocycles. The minimum Gasteiger partial charge on any atom is -0.484 e. The number of ether oxygens (including phenoxy) is 1. The first-order chi connectivity index (χ1) is 13.2. The van der Waals surface area contributed by atoms with E-state index in [4.69, 9.17) is 4.74 Å². The monoisotopic (exact) mass is 374 g/mol. The maximum absolute atomic E-state index is 12.1. The van der Waals surface area contributed by atoms with Crippen LogP contribution >= 0.6 is 11.3 Å². The highest BCUT2D eigenvalue weighted by Crippen LogP contribution is 2.25. The third kappa shape index (κ3) is 4.15. The van der Waals surface area contributed by atoms with E-state index in [1.54, 1.807) is 0 Å². The number of thiazole rings is 1. The lowest BCUT2D eigenvalue weighted by molar-refractivity contribution is -0.118. The Morgan fingerprint density at radius 1 is 0.963 bits per heavy atom. The second kappa shape index (κ2) is 7.60. The van der Waals surface area contributed by atoms with Gasteiger partial charge in [0.25, 0.3) is 5.91 Å². The highest BCUT2D eigenvalue weighted by atomic mass is 32.1. The molecule has 1 aromatic heterocycles. The number of hydrogen-bond donors (Lipinski definition) is 1. The Kier molecular flexibility index (Phi) is 4.85. The van der Waals surface area contributed by atoms with Crippen LogP contribution in [0.5, 0.6) is 5.75 Å². The van der Waals surface area contributed by atoms with Crippen molar-refractivity contribution >= 4 is 32.6 Å². The fraction of sp³-hybridized carbons (Fsp3) is 0.0909. The van der Waals surface area contributed by atoms with Crippen LogP contribution in [0.15, 0.2) is 72.8 Å². The molecule has 4 rings (SSSR count). The molecule has 4 aromatic rings. The standard InChI is InChI=1S/C22H18N2O2S/c1-15-6-8-16(9-7-15)17-10-12-18(13-11-17)26-14-21(25)24-22-23-19-4-2-3-5-20(19)27-22/h2-13H,14H2,1H3,(H,23,24,25). The first kappa shape index (κ1) is 17.2. The Labute approximate surface area is 161 Å². The summed E-state index contributed by atoms with van der Waals surface area (Å²) in [7, 11) is 0. The Hall–Kier alpha value is -3.18. The van der Waals surface area contributed by atoms with Gasteiger partial charge in [-0.2, -0.15) is 0 Å². The van der Waals surface area contributed by atoms with Crippen LogP contribution in [-0.2, 0) is 4.79 Å². The highest BCUT2D eigenvalue weighted by molar-refractivity contribution is 7.22. The number of hydrogen-bond acceptors (Lipinski definition) is 4. The molecule has 0 spiro atoms. The Balaban J connectivity index is 1.35. The number of carbonyl (C=O) groups is 1. The summed E-state index contributed by atoms with van der Waals surface area (Å²) in [5.74, 6) is 0.432. The van der Waals surface area contributed by atoms with Gasteiger partial charge in [-0.1, -0.05) is 65.4 Å². The molecular formula is C22H18N2O2S. The third-order valence-electron chi connectivity index (χ3n) is 4.15. The normalized spacial score (nSPS) is 10.7. The van der Waals surface area contributed by atoms with Crippen molar-refractivity contribution < 1.29 is 9.53 Å². The summed E-state index contributed by atoms with van der Waals surface area (Å²) in [6.45, 7) is 2.01. The van der Waals surface area contributed by atoms with Crippen LogP contribution in [0.25, 0.3) is 21.3 Å². The van der Waals surface area contributed by atoms with Gasteiger partial charge in [0, 0.05) is 0 Å². The van der Waals surface area contributed by atoms with Crippen LogP contribution in [0, 0.1) is 6.92 Å². The second-order valence-corrected chi connectivity index (χ2v) is 7.24. The van der Waals surface area contributed by atoms with E-state index >= 15 is 0 Å². The zero-order valence-corrected chi connectivity index (χ0v) is 15.6. The lowest BCUT2D eigenvalue weighted by Crippen LogP contribution is -2.19. The number of fused-ring (bicyclic) bond motifs is 1. The molecule has 0 radical (unpaired) electrons. The van der Waals surface area contributed by atoms with E-state index in [2.05, 4.69) is 41.5 Å². The van der Waals surface area contributed by atoms with Gasteiger partial charge in [-0.3, -0.25) is 10.1 Å². The molecule has 0 unspecified atom stereocenters. The highest BCUT2D eigenvalue weighted by Gasteiger charge is 2.08. The van der Waals surface area contributed by atoms with E-state index < -0.39 is 0 Å². The van der Waals surface area contributed by atoms with Crippen molar-refractivity contribution in [2.75, 3.05) is 11.9 Å². The van der Waals surface area contributed by atoms with Gasteiger partial charge in [0.2, 0.25) is 0 Å². The molecule has 0 atom stereocenters. The number of carbonyl (C=O) groups excluding carboxylic acids is 1.